The first-order valence-corrected chi connectivity index (χ1v) is 5.82. The van der Waals surface area contributed by atoms with Gasteiger partial charge in [-0.05, 0) is 29.2 Å². The Bertz CT molecular complexity index is 520. The van der Waals surface area contributed by atoms with E-state index >= 15 is 0 Å². The van der Waals surface area contributed by atoms with Crippen LogP contribution < -0.4 is 5.73 Å². The van der Waals surface area contributed by atoms with Crippen LogP contribution in [0.3, 0.4) is 0 Å². The molecule has 0 aliphatic heterocycles. The van der Waals surface area contributed by atoms with E-state index in [4.69, 9.17) is 5.73 Å². The monoisotopic (exact) mass is 229 g/mol. The molecule has 0 radical (unpaired) electrons. The Balaban J connectivity index is 2.45. The minimum Gasteiger partial charge on any atom is -0.326 e. The van der Waals surface area contributed by atoms with Crippen LogP contribution in [0.15, 0.2) is 42.5 Å². The highest BCUT2D eigenvalue weighted by molar-refractivity contribution is 5.65. The first-order valence-electron chi connectivity index (χ1n) is 5.82. The van der Waals surface area contributed by atoms with Gasteiger partial charge in [0.1, 0.15) is 5.82 Å². The molecule has 0 aliphatic rings. The van der Waals surface area contributed by atoms with Crippen molar-refractivity contribution in [3.63, 3.8) is 0 Å². The smallest absolute Gasteiger partial charge is 0.131 e. The van der Waals surface area contributed by atoms with Crippen LogP contribution in [0, 0.1) is 5.82 Å². The molecule has 0 saturated carbocycles. The zero-order valence-corrected chi connectivity index (χ0v) is 9.91. The van der Waals surface area contributed by atoms with Gasteiger partial charge in [0.15, 0.2) is 0 Å². The van der Waals surface area contributed by atoms with Crippen molar-refractivity contribution in [2.75, 3.05) is 0 Å². The minimum atomic E-state index is -0.207. The molecule has 88 valence electrons. The number of hydrogen-bond donors (Lipinski definition) is 1. The first kappa shape index (κ1) is 11.8. The summed E-state index contributed by atoms with van der Waals surface area (Å²) in [7, 11) is 0. The third-order valence-electron chi connectivity index (χ3n) is 2.92. The Hall–Kier alpha value is -1.67. The fourth-order valence-electron chi connectivity index (χ4n) is 1.88. The summed E-state index contributed by atoms with van der Waals surface area (Å²) >= 11 is 0. The Morgan fingerprint density at radius 3 is 2.53 bits per heavy atom. The van der Waals surface area contributed by atoms with Gasteiger partial charge in [0.25, 0.3) is 0 Å². The van der Waals surface area contributed by atoms with E-state index in [0.717, 1.165) is 17.5 Å². The molecule has 2 aromatic rings. The maximum absolute atomic E-state index is 13.9. The quantitative estimate of drug-likeness (QED) is 0.856. The Morgan fingerprint density at radius 2 is 1.88 bits per heavy atom. The van der Waals surface area contributed by atoms with E-state index < -0.39 is 0 Å². The predicted molar refractivity (Wildman–Crippen MR) is 69.1 cm³/mol. The zero-order valence-electron chi connectivity index (χ0n) is 9.91. The van der Waals surface area contributed by atoms with E-state index in [1.165, 1.54) is 11.6 Å². The molecule has 0 aromatic heterocycles. The number of nitrogens with two attached hydrogens (primary N) is 1. The lowest BCUT2D eigenvalue weighted by molar-refractivity contribution is 0.629. The van der Waals surface area contributed by atoms with Crippen LogP contribution >= 0.6 is 0 Å². The Labute approximate surface area is 101 Å². The molecule has 0 fully saturated rings. The van der Waals surface area contributed by atoms with Crippen molar-refractivity contribution in [2.24, 2.45) is 5.73 Å². The van der Waals surface area contributed by atoms with Crippen molar-refractivity contribution in [2.45, 2.75) is 19.9 Å². The van der Waals surface area contributed by atoms with Gasteiger partial charge < -0.3 is 5.73 Å². The molecule has 0 amide bonds. The summed E-state index contributed by atoms with van der Waals surface area (Å²) < 4.78 is 13.9. The molecule has 0 spiro atoms. The maximum atomic E-state index is 13.9. The van der Waals surface area contributed by atoms with Gasteiger partial charge in [-0.25, -0.2) is 4.39 Å². The van der Waals surface area contributed by atoms with E-state index in [1.54, 1.807) is 6.07 Å². The summed E-state index contributed by atoms with van der Waals surface area (Å²) in [6.07, 6.45) is 0.955. The van der Waals surface area contributed by atoms with Crippen molar-refractivity contribution in [3.05, 3.63) is 59.4 Å². The molecule has 0 atom stereocenters. The number of rotatable bonds is 3. The van der Waals surface area contributed by atoms with Crippen LogP contribution in [-0.2, 0) is 13.0 Å². The molecular weight excluding hydrogens is 213 g/mol. The standard InChI is InChI=1S/C15H16FN/c1-2-11-4-3-5-13(8-11)14-7-6-12(10-17)9-15(14)16/h3-9H,2,10,17H2,1H3. The molecule has 17 heavy (non-hydrogen) atoms. The summed E-state index contributed by atoms with van der Waals surface area (Å²) in [5.41, 5.74) is 9.07. The molecule has 0 heterocycles. The van der Waals surface area contributed by atoms with Gasteiger partial charge in [-0.1, -0.05) is 43.3 Å². The first-order chi connectivity index (χ1) is 8.24. The fraction of sp³-hybridized carbons (Fsp3) is 0.200. The van der Waals surface area contributed by atoms with Crippen molar-refractivity contribution >= 4 is 0 Å². The van der Waals surface area contributed by atoms with Crippen molar-refractivity contribution in [1.82, 2.24) is 0 Å². The van der Waals surface area contributed by atoms with Gasteiger partial charge in [0, 0.05) is 12.1 Å². The summed E-state index contributed by atoms with van der Waals surface area (Å²) in [4.78, 5) is 0. The molecule has 0 saturated heterocycles. The van der Waals surface area contributed by atoms with Crippen molar-refractivity contribution in [3.8, 4) is 11.1 Å². The number of hydrogen-bond acceptors (Lipinski definition) is 1. The lowest BCUT2D eigenvalue weighted by Gasteiger charge is -2.07. The van der Waals surface area contributed by atoms with Crippen LogP contribution in [0.25, 0.3) is 11.1 Å². The van der Waals surface area contributed by atoms with E-state index in [2.05, 4.69) is 13.0 Å². The lowest BCUT2D eigenvalue weighted by atomic mass is 10.0. The van der Waals surface area contributed by atoms with Crippen LogP contribution in [0.1, 0.15) is 18.1 Å². The van der Waals surface area contributed by atoms with Crippen LogP contribution in [0.4, 0.5) is 4.39 Å². The van der Waals surface area contributed by atoms with Gasteiger partial charge in [-0.2, -0.15) is 0 Å². The average Bonchev–Trinajstić information content (AvgIpc) is 2.38. The third kappa shape index (κ3) is 2.53. The SMILES string of the molecule is CCc1cccc(-c2ccc(CN)cc2F)c1. The molecular formula is C15H16FN. The van der Waals surface area contributed by atoms with Crippen LogP contribution in [-0.4, -0.2) is 0 Å². The van der Waals surface area contributed by atoms with Gasteiger partial charge in [-0.3, -0.25) is 0 Å². The molecule has 0 bridgehead atoms. The van der Waals surface area contributed by atoms with E-state index in [9.17, 15) is 4.39 Å². The second-order valence-electron chi connectivity index (χ2n) is 4.07. The van der Waals surface area contributed by atoms with Gasteiger partial charge >= 0.3 is 0 Å². The number of aryl methyl sites for hydroxylation is 1. The molecule has 2 heteroatoms. The predicted octanol–water partition coefficient (Wildman–Crippen LogP) is 3.51. The summed E-state index contributed by atoms with van der Waals surface area (Å²) in [6.45, 7) is 2.46. The van der Waals surface area contributed by atoms with Crippen LogP contribution in [0.5, 0.6) is 0 Å². The van der Waals surface area contributed by atoms with Gasteiger partial charge in [0.2, 0.25) is 0 Å². The number of benzene rings is 2. The van der Waals surface area contributed by atoms with E-state index in [-0.39, 0.29) is 5.82 Å². The van der Waals surface area contributed by atoms with E-state index in [0.29, 0.717) is 12.1 Å². The lowest BCUT2D eigenvalue weighted by Crippen LogP contribution is -1.97. The highest BCUT2D eigenvalue weighted by Crippen LogP contribution is 2.24. The maximum Gasteiger partial charge on any atom is 0.131 e. The summed E-state index contributed by atoms with van der Waals surface area (Å²) in [5.74, 6) is -0.207. The van der Waals surface area contributed by atoms with Crippen molar-refractivity contribution < 1.29 is 4.39 Å². The van der Waals surface area contributed by atoms with Gasteiger partial charge in [0.05, 0.1) is 0 Å². The molecule has 0 unspecified atom stereocenters. The molecule has 2 N–H and O–H groups in total. The second-order valence-corrected chi connectivity index (χ2v) is 4.07. The zero-order chi connectivity index (χ0) is 12.3. The molecule has 1 nitrogen and oxygen atoms in total. The third-order valence-corrected chi connectivity index (χ3v) is 2.92. The largest absolute Gasteiger partial charge is 0.326 e. The van der Waals surface area contributed by atoms with Crippen LogP contribution in [0.2, 0.25) is 0 Å². The average molecular weight is 229 g/mol. The highest BCUT2D eigenvalue weighted by Gasteiger charge is 2.06. The van der Waals surface area contributed by atoms with Crippen molar-refractivity contribution in [1.29, 1.82) is 0 Å². The normalized spacial score (nSPS) is 10.5. The number of halogens is 1. The molecule has 2 aromatic carbocycles. The minimum absolute atomic E-state index is 0.207. The van der Waals surface area contributed by atoms with E-state index in [1.807, 2.05) is 24.3 Å². The summed E-state index contributed by atoms with van der Waals surface area (Å²) in [6, 6.07) is 13.2. The van der Waals surface area contributed by atoms with Gasteiger partial charge in [-0.15, -0.1) is 0 Å². The highest BCUT2D eigenvalue weighted by atomic mass is 19.1. The molecule has 0 aliphatic carbocycles. The Morgan fingerprint density at radius 1 is 1.06 bits per heavy atom. The molecule has 2 rings (SSSR count). The fourth-order valence-corrected chi connectivity index (χ4v) is 1.88. The second kappa shape index (κ2) is 5.11. The topological polar surface area (TPSA) is 26.0 Å². The summed E-state index contributed by atoms with van der Waals surface area (Å²) in [5, 5.41) is 0. The Kier molecular flexibility index (Phi) is 3.55.